The third-order valence-electron chi connectivity index (χ3n) is 4.70. The Labute approximate surface area is 158 Å². The van der Waals surface area contributed by atoms with Gasteiger partial charge >= 0.3 is 5.97 Å². The Kier molecular flexibility index (Phi) is 6.41. The van der Waals surface area contributed by atoms with Crippen LogP contribution in [0.4, 0.5) is 5.69 Å². The van der Waals surface area contributed by atoms with Crippen molar-refractivity contribution in [3.63, 3.8) is 0 Å². The summed E-state index contributed by atoms with van der Waals surface area (Å²) in [5.74, 6) is -0.0697. The highest BCUT2D eigenvalue weighted by Crippen LogP contribution is 2.15. The fraction of sp³-hybridized carbons (Fsp3) is 0.400. The Bertz CT molecular complexity index is 737. The molecule has 0 aliphatic carbocycles. The standard InChI is InChI=1S/C20H24N2O3S/c1-2-25-20(24)16-8-10-22(11-9-16)14-15-5-3-6-17(13-15)21-19(23)18-7-4-12-26-18/h3-7,12-13,16H,2,8-11,14H2,1H3,(H,21,23)/p+1. The Balaban J connectivity index is 1.53. The minimum absolute atomic E-state index is 0.0510. The number of piperidine rings is 1. The van der Waals surface area contributed by atoms with Crippen molar-refractivity contribution in [2.24, 2.45) is 5.92 Å². The summed E-state index contributed by atoms with van der Waals surface area (Å²) in [5.41, 5.74) is 2.01. The summed E-state index contributed by atoms with van der Waals surface area (Å²) < 4.78 is 5.13. The van der Waals surface area contributed by atoms with E-state index in [1.54, 1.807) is 0 Å². The first kappa shape index (κ1) is 18.6. The molecule has 2 N–H and O–H groups in total. The number of likely N-dealkylation sites (tertiary alicyclic amines) is 1. The fourth-order valence-electron chi connectivity index (χ4n) is 3.35. The van der Waals surface area contributed by atoms with Crippen LogP contribution < -0.4 is 10.2 Å². The molecule has 0 atom stereocenters. The lowest BCUT2D eigenvalue weighted by molar-refractivity contribution is -0.919. The molecule has 2 heterocycles. The van der Waals surface area contributed by atoms with E-state index in [4.69, 9.17) is 4.74 Å². The quantitative estimate of drug-likeness (QED) is 0.764. The second-order valence-corrected chi connectivity index (χ2v) is 7.53. The van der Waals surface area contributed by atoms with Crippen LogP contribution in [0.15, 0.2) is 41.8 Å². The number of thiophene rings is 1. The van der Waals surface area contributed by atoms with E-state index >= 15 is 0 Å². The van der Waals surface area contributed by atoms with Gasteiger partial charge in [0.1, 0.15) is 6.54 Å². The van der Waals surface area contributed by atoms with Gasteiger partial charge in [0.25, 0.3) is 5.91 Å². The Morgan fingerprint density at radius 2 is 2.04 bits per heavy atom. The SMILES string of the molecule is CCOC(=O)C1CC[NH+](Cc2cccc(NC(=O)c3cccs3)c2)CC1. The minimum atomic E-state index is -0.0697. The van der Waals surface area contributed by atoms with Crippen molar-refractivity contribution in [2.45, 2.75) is 26.3 Å². The average molecular weight is 373 g/mol. The number of anilines is 1. The van der Waals surface area contributed by atoms with Gasteiger partial charge < -0.3 is 15.0 Å². The summed E-state index contributed by atoms with van der Waals surface area (Å²) in [6.45, 7) is 5.14. The second-order valence-electron chi connectivity index (χ2n) is 6.58. The monoisotopic (exact) mass is 373 g/mol. The zero-order valence-corrected chi connectivity index (χ0v) is 15.8. The first-order valence-electron chi connectivity index (χ1n) is 9.09. The molecule has 0 bridgehead atoms. The van der Waals surface area contributed by atoms with Crippen molar-refractivity contribution in [3.8, 4) is 0 Å². The summed E-state index contributed by atoms with van der Waals surface area (Å²) in [4.78, 5) is 26.2. The number of amides is 1. The number of hydrogen-bond acceptors (Lipinski definition) is 4. The largest absolute Gasteiger partial charge is 0.466 e. The van der Waals surface area contributed by atoms with Crippen LogP contribution >= 0.6 is 11.3 Å². The van der Waals surface area contributed by atoms with Gasteiger partial charge in [-0.2, -0.15) is 0 Å². The zero-order valence-electron chi connectivity index (χ0n) is 15.0. The van der Waals surface area contributed by atoms with Crippen LogP contribution in [0.3, 0.4) is 0 Å². The molecule has 1 amide bonds. The molecule has 1 aliphatic heterocycles. The van der Waals surface area contributed by atoms with E-state index in [2.05, 4.69) is 11.4 Å². The molecule has 3 rings (SSSR count). The van der Waals surface area contributed by atoms with E-state index in [0.717, 1.165) is 38.2 Å². The van der Waals surface area contributed by atoms with E-state index in [0.29, 0.717) is 11.5 Å². The van der Waals surface area contributed by atoms with Crippen molar-refractivity contribution in [1.29, 1.82) is 0 Å². The molecule has 6 heteroatoms. The van der Waals surface area contributed by atoms with Gasteiger partial charge in [-0.1, -0.05) is 18.2 Å². The molecule has 0 spiro atoms. The number of esters is 1. The van der Waals surface area contributed by atoms with Crippen molar-refractivity contribution in [1.82, 2.24) is 0 Å². The maximum atomic E-state index is 12.2. The second kappa shape index (κ2) is 8.96. The molecule has 1 aromatic carbocycles. The number of carbonyl (C=O) groups is 2. The highest BCUT2D eigenvalue weighted by atomic mass is 32.1. The lowest BCUT2D eigenvalue weighted by Crippen LogP contribution is -3.11. The highest BCUT2D eigenvalue weighted by molar-refractivity contribution is 7.12. The molecule has 1 fully saturated rings. The number of nitrogens with one attached hydrogen (secondary N) is 2. The van der Waals surface area contributed by atoms with E-state index in [1.165, 1.54) is 21.8 Å². The van der Waals surface area contributed by atoms with Crippen molar-refractivity contribution >= 4 is 28.9 Å². The smallest absolute Gasteiger partial charge is 0.309 e. The maximum Gasteiger partial charge on any atom is 0.309 e. The summed E-state index contributed by atoms with van der Waals surface area (Å²) in [6.07, 6.45) is 1.76. The van der Waals surface area contributed by atoms with Crippen molar-refractivity contribution < 1.29 is 19.2 Å². The molecule has 0 unspecified atom stereocenters. The topological polar surface area (TPSA) is 59.8 Å². The highest BCUT2D eigenvalue weighted by Gasteiger charge is 2.28. The number of benzene rings is 1. The molecular formula is C20H25N2O3S+. The van der Waals surface area contributed by atoms with Crippen LogP contribution in [-0.4, -0.2) is 31.6 Å². The van der Waals surface area contributed by atoms with Crippen LogP contribution in [-0.2, 0) is 16.1 Å². The molecule has 1 aromatic heterocycles. The van der Waals surface area contributed by atoms with Gasteiger partial charge in [-0.3, -0.25) is 9.59 Å². The van der Waals surface area contributed by atoms with Gasteiger partial charge in [-0.25, -0.2) is 0 Å². The molecule has 138 valence electrons. The van der Waals surface area contributed by atoms with E-state index in [1.807, 2.05) is 42.6 Å². The predicted octanol–water partition coefficient (Wildman–Crippen LogP) is 2.36. The number of quaternary nitrogens is 1. The Morgan fingerprint density at radius 1 is 1.23 bits per heavy atom. The van der Waals surface area contributed by atoms with Crippen LogP contribution in [0.5, 0.6) is 0 Å². The summed E-state index contributed by atoms with van der Waals surface area (Å²) in [7, 11) is 0. The van der Waals surface area contributed by atoms with Gasteiger partial charge in [0.15, 0.2) is 0 Å². The van der Waals surface area contributed by atoms with Crippen molar-refractivity contribution in [2.75, 3.05) is 25.0 Å². The third kappa shape index (κ3) is 4.93. The number of hydrogen-bond donors (Lipinski definition) is 2. The molecule has 26 heavy (non-hydrogen) atoms. The molecular weight excluding hydrogens is 348 g/mol. The van der Waals surface area contributed by atoms with Gasteiger partial charge in [-0.15, -0.1) is 11.3 Å². The summed E-state index contributed by atoms with van der Waals surface area (Å²) >= 11 is 1.43. The van der Waals surface area contributed by atoms with Gasteiger partial charge in [0.05, 0.1) is 30.5 Å². The molecule has 1 saturated heterocycles. The number of rotatable bonds is 6. The third-order valence-corrected chi connectivity index (χ3v) is 5.57. The molecule has 2 aromatic rings. The van der Waals surface area contributed by atoms with E-state index in [9.17, 15) is 9.59 Å². The predicted molar refractivity (Wildman–Crippen MR) is 102 cm³/mol. The summed E-state index contributed by atoms with van der Waals surface area (Å²) in [5, 5.41) is 4.86. The lowest BCUT2D eigenvalue weighted by Gasteiger charge is -2.28. The number of carbonyl (C=O) groups excluding carboxylic acids is 2. The molecule has 1 aliphatic rings. The van der Waals surface area contributed by atoms with Gasteiger partial charge in [0.2, 0.25) is 0 Å². The normalized spacial score (nSPS) is 19.7. The van der Waals surface area contributed by atoms with Gasteiger partial charge in [-0.05, 0) is 30.5 Å². The first-order valence-corrected chi connectivity index (χ1v) is 9.97. The minimum Gasteiger partial charge on any atom is -0.466 e. The van der Waals surface area contributed by atoms with Crippen LogP contribution in [0, 0.1) is 5.92 Å². The van der Waals surface area contributed by atoms with E-state index in [-0.39, 0.29) is 17.8 Å². The Morgan fingerprint density at radius 3 is 2.73 bits per heavy atom. The maximum absolute atomic E-state index is 12.2. The summed E-state index contributed by atoms with van der Waals surface area (Å²) in [6, 6.07) is 11.7. The molecule has 0 saturated carbocycles. The van der Waals surface area contributed by atoms with Crippen molar-refractivity contribution in [3.05, 3.63) is 52.2 Å². The Hall–Kier alpha value is -2.18. The van der Waals surface area contributed by atoms with Crippen LogP contribution in [0.1, 0.15) is 35.0 Å². The zero-order chi connectivity index (χ0) is 18.4. The molecule has 5 nitrogen and oxygen atoms in total. The first-order chi connectivity index (χ1) is 12.7. The van der Waals surface area contributed by atoms with Gasteiger partial charge in [0, 0.05) is 24.1 Å². The number of ether oxygens (including phenoxy) is 1. The lowest BCUT2D eigenvalue weighted by atomic mass is 9.96. The molecule has 0 radical (unpaired) electrons. The average Bonchev–Trinajstić information content (AvgIpc) is 3.18. The fourth-order valence-corrected chi connectivity index (χ4v) is 3.97. The van der Waals surface area contributed by atoms with E-state index < -0.39 is 0 Å². The van der Waals surface area contributed by atoms with Crippen LogP contribution in [0.25, 0.3) is 0 Å². The van der Waals surface area contributed by atoms with Crippen LogP contribution in [0.2, 0.25) is 0 Å².